The maximum Gasteiger partial charge on any atom is 0.132 e. The van der Waals surface area contributed by atoms with Crippen molar-refractivity contribution < 1.29 is 17.9 Å². The Bertz CT molecular complexity index is 1530. The zero-order chi connectivity index (χ0) is 25.9. The molecule has 0 unspecified atom stereocenters. The van der Waals surface area contributed by atoms with E-state index in [2.05, 4.69) is 46.8 Å². The minimum absolute atomic E-state index is 0.0608. The fourth-order valence-electron chi connectivity index (χ4n) is 5.70. The fraction of sp³-hybridized carbons (Fsp3) is 0.300. The molecular weight excluding hydrogens is 475 g/mol. The van der Waals surface area contributed by atoms with Gasteiger partial charge in [0.1, 0.15) is 17.5 Å². The van der Waals surface area contributed by atoms with Gasteiger partial charge in [-0.25, -0.2) is 18.2 Å². The maximum atomic E-state index is 14.9. The molecule has 1 aromatic heterocycles. The molecule has 37 heavy (non-hydrogen) atoms. The van der Waals surface area contributed by atoms with Crippen LogP contribution in [0, 0.1) is 24.4 Å². The van der Waals surface area contributed by atoms with Crippen LogP contribution in [0.25, 0.3) is 22.2 Å². The third-order valence-corrected chi connectivity index (χ3v) is 7.54. The number of anilines is 3. The van der Waals surface area contributed by atoms with Crippen molar-refractivity contribution in [1.29, 1.82) is 0 Å². The first-order valence-electron chi connectivity index (χ1n) is 12.5. The van der Waals surface area contributed by atoms with Crippen LogP contribution in [0.1, 0.15) is 25.0 Å². The molecule has 0 spiro atoms. The Balaban J connectivity index is 1.60. The molecule has 4 nitrogen and oxygen atoms in total. The third kappa shape index (κ3) is 4.02. The molecule has 4 aromatic rings. The fourth-order valence-corrected chi connectivity index (χ4v) is 5.70. The number of aromatic nitrogens is 1. The van der Waals surface area contributed by atoms with Gasteiger partial charge >= 0.3 is 0 Å². The van der Waals surface area contributed by atoms with Gasteiger partial charge in [-0.1, -0.05) is 19.9 Å². The first-order valence-corrected chi connectivity index (χ1v) is 12.5. The predicted octanol–water partition coefficient (Wildman–Crippen LogP) is 6.89. The number of halogens is 3. The highest BCUT2D eigenvalue weighted by molar-refractivity contribution is 6.00. The lowest BCUT2D eigenvalue weighted by molar-refractivity contribution is 0.122. The zero-order valence-electron chi connectivity index (χ0n) is 21.1. The second kappa shape index (κ2) is 8.77. The molecule has 0 saturated carbocycles. The highest BCUT2D eigenvalue weighted by Crippen LogP contribution is 2.49. The van der Waals surface area contributed by atoms with E-state index in [0.717, 1.165) is 53.7 Å². The van der Waals surface area contributed by atoms with Gasteiger partial charge in [0.05, 0.1) is 30.1 Å². The van der Waals surface area contributed by atoms with Crippen molar-refractivity contribution >= 4 is 28.0 Å². The van der Waals surface area contributed by atoms with Gasteiger partial charge in [0.15, 0.2) is 0 Å². The Morgan fingerprint density at radius 3 is 2.41 bits per heavy atom. The number of hydrogen-bond acceptors (Lipinski definition) is 4. The molecule has 2 aliphatic rings. The number of nitrogens with zero attached hydrogens (tertiary/aromatic N) is 3. The van der Waals surface area contributed by atoms with Crippen molar-refractivity contribution in [2.24, 2.45) is 0 Å². The van der Waals surface area contributed by atoms with E-state index < -0.39 is 17.5 Å². The predicted molar refractivity (Wildman–Crippen MR) is 141 cm³/mol. The van der Waals surface area contributed by atoms with Gasteiger partial charge in [0.25, 0.3) is 0 Å². The number of pyridine rings is 1. The normalized spacial score (nSPS) is 16.9. The van der Waals surface area contributed by atoms with Crippen LogP contribution in [0.2, 0.25) is 0 Å². The highest BCUT2D eigenvalue weighted by Gasteiger charge is 2.38. The monoisotopic (exact) mass is 503 g/mol. The molecule has 3 heterocycles. The summed E-state index contributed by atoms with van der Waals surface area (Å²) in [5.41, 5.74) is 5.52. The van der Waals surface area contributed by atoms with Gasteiger partial charge in [0, 0.05) is 53.4 Å². The van der Waals surface area contributed by atoms with E-state index in [0.29, 0.717) is 36.5 Å². The molecule has 0 atom stereocenters. The number of fused-ring (bicyclic) bond motifs is 2. The van der Waals surface area contributed by atoms with E-state index in [1.165, 1.54) is 17.7 Å². The molecule has 1 fully saturated rings. The molecule has 3 aromatic carbocycles. The van der Waals surface area contributed by atoms with Crippen LogP contribution in [-0.2, 0) is 10.2 Å². The summed E-state index contributed by atoms with van der Waals surface area (Å²) in [6.07, 6.45) is 0. The lowest BCUT2D eigenvalue weighted by Gasteiger charge is -2.30. The SMILES string of the molecule is Cc1c(-c2cc(F)ccc2F)nc2cc(F)ccc2c1N1CC(C)(C)c2ccc(N3CCOCC3)cc21. The lowest BCUT2D eigenvalue weighted by atomic mass is 9.87. The van der Waals surface area contributed by atoms with Gasteiger partial charge in [-0.15, -0.1) is 0 Å². The van der Waals surface area contributed by atoms with Gasteiger partial charge < -0.3 is 14.5 Å². The average Bonchev–Trinajstić information content (AvgIpc) is 3.15. The summed E-state index contributed by atoms with van der Waals surface area (Å²) in [7, 11) is 0. The summed E-state index contributed by atoms with van der Waals surface area (Å²) in [5, 5.41) is 0.764. The van der Waals surface area contributed by atoms with E-state index in [1.54, 1.807) is 6.07 Å². The number of rotatable bonds is 3. The van der Waals surface area contributed by atoms with Crippen LogP contribution in [-0.4, -0.2) is 37.8 Å². The molecule has 2 aliphatic heterocycles. The zero-order valence-corrected chi connectivity index (χ0v) is 21.1. The molecule has 6 rings (SSSR count). The summed E-state index contributed by atoms with van der Waals surface area (Å²) in [6.45, 7) is 9.98. The van der Waals surface area contributed by atoms with Crippen molar-refractivity contribution in [3.05, 3.63) is 83.2 Å². The van der Waals surface area contributed by atoms with E-state index in [-0.39, 0.29) is 11.0 Å². The standard InChI is InChI=1S/C30H28F3N3O/c1-18-28(23-14-19(31)5-9-25(23)33)34-26-15-20(32)4-7-22(26)29(18)36-17-30(2,3)24-8-6-21(16-27(24)36)35-10-12-37-13-11-35/h4-9,14-16H,10-13,17H2,1-3H3. The van der Waals surface area contributed by atoms with Crippen LogP contribution in [0.5, 0.6) is 0 Å². The highest BCUT2D eigenvalue weighted by atomic mass is 19.1. The molecule has 0 aliphatic carbocycles. The van der Waals surface area contributed by atoms with Crippen LogP contribution in [0.4, 0.5) is 30.2 Å². The molecule has 0 N–H and O–H groups in total. The van der Waals surface area contributed by atoms with E-state index in [9.17, 15) is 13.2 Å². The number of morpholine rings is 1. The van der Waals surface area contributed by atoms with Crippen LogP contribution in [0.15, 0.2) is 54.6 Å². The van der Waals surface area contributed by atoms with Crippen LogP contribution >= 0.6 is 0 Å². The summed E-state index contributed by atoms with van der Waals surface area (Å²) in [4.78, 5) is 9.17. The maximum absolute atomic E-state index is 14.9. The summed E-state index contributed by atoms with van der Waals surface area (Å²) in [5.74, 6) is -1.56. The van der Waals surface area contributed by atoms with Gasteiger partial charge in [-0.2, -0.15) is 0 Å². The minimum Gasteiger partial charge on any atom is -0.378 e. The first-order chi connectivity index (χ1) is 17.7. The number of hydrogen-bond donors (Lipinski definition) is 0. The smallest absolute Gasteiger partial charge is 0.132 e. The lowest BCUT2D eigenvalue weighted by Crippen LogP contribution is -2.36. The van der Waals surface area contributed by atoms with Crippen LogP contribution < -0.4 is 9.80 Å². The van der Waals surface area contributed by atoms with E-state index >= 15 is 0 Å². The second-order valence-electron chi connectivity index (χ2n) is 10.5. The molecule has 0 bridgehead atoms. The second-order valence-corrected chi connectivity index (χ2v) is 10.5. The van der Waals surface area contributed by atoms with E-state index in [1.807, 2.05) is 6.92 Å². The molecule has 1 saturated heterocycles. The van der Waals surface area contributed by atoms with E-state index in [4.69, 9.17) is 4.74 Å². The Kier molecular flexibility index (Phi) is 5.64. The molecule has 0 amide bonds. The molecule has 7 heteroatoms. The molecule has 0 radical (unpaired) electrons. The Hall–Kier alpha value is -3.58. The first kappa shape index (κ1) is 23.8. The summed E-state index contributed by atoms with van der Waals surface area (Å²) >= 11 is 0. The number of ether oxygens (including phenoxy) is 1. The minimum atomic E-state index is -0.574. The van der Waals surface area contributed by atoms with Crippen molar-refractivity contribution in [1.82, 2.24) is 4.98 Å². The largest absolute Gasteiger partial charge is 0.378 e. The molecule has 190 valence electrons. The Morgan fingerprint density at radius 2 is 1.62 bits per heavy atom. The third-order valence-electron chi connectivity index (χ3n) is 7.54. The van der Waals surface area contributed by atoms with Crippen molar-refractivity contribution in [2.75, 3.05) is 42.6 Å². The quantitative estimate of drug-likeness (QED) is 0.304. The van der Waals surface area contributed by atoms with Crippen molar-refractivity contribution in [2.45, 2.75) is 26.2 Å². The van der Waals surface area contributed by atoms with Gasteiger partial charge in [-0.05, 0) is 60.5 Å². The summed E-state index contributed by atoms with van der Waals surface area (Å²) < 4.78 is 49.0. The Morgan fingerprint density at radius 1 is 0.892 bits per heavy atom. The van der Waals surface area contributed by atoms with Crippen molar-refractivity contribution in [3.63, 3.8) is 0 Å². The number of benzene rings is 3. The topological polar surface area (TPSA) is 28.6 Å². The van der Waals surface area contributed by atoms with Gasteiger partial charge in [-0.3, -0.25) is 0 Å². The van der Waals surface area contributed by atoms with Gasteiger partial charge in [0.2, 0.25) is 0 Å². The molecular formula is C30H28F3N3O. The van der Waals surface area contributed by atoms with Crippen molar-refractivity contribution in [3.8, 4) is 11.3 Å². The summed E-state index contributed by atoms with van der Waals surface area (Å²) in [6, 6.07) is 14.4. The average molecular weight is 504 g/mol. The Labute approximate surface area is 214 Å². The van der Waals surface area contributed by atoms with Crippen LogP contribution in [0.3, 0.4) is 0 Å².